The number of rotatable bonds is 4. The van der Waals surface area contributed by atoms with Gasteiger partial charge in [0.25, 0.3) is 0 Å². The van der Waals surface area contributed by atoms with Gasteiger partial charge in [0.05, 0.1) is 45.9 Å². The Morgan fingerprint density at radius 1 is 1.12 bits per heavy atom. The average Bonchev–Trinajstić information content (AvgIpc) is 3.27. The minimum Gasteiger partial charge on any atom is -0.378 e. The van der Waals surface area contributed by atoms with Crippen LogP contribution in [-0.2, 0) is 4.74 Å². The summed E-state index contributed by atoms with van der Waals surface area (Å²) in [6, 6.07) is 8.72. The summed E-state index contributed by atoms with van der Waals surface area (Å²) in [6.07, 6.45) is 4.36. The number of anilines is 1. The monoisotopic (exact) mass is 466 g/mol. The molecule has 0 saturated carbocycles. The Kier molecular flexibility index (Phi) is 5.66. The molecule has 1 fully saturated rings. The molecule has 3 aromatic heterocycles. The molecule has 1 saturated heterocycles. The Morgan fingerprint density at radius 3 is 2.72 bits per heavy atom. The van der Waals surface area contributed by atoms with Crippen LogP contribution in [-0.4, -0.2) is 46.2 Å². The third-order valence-corrected chi connectivity index (χ3v) is 6.76. The van der Waals surface area contributed by atoms with Crippen LogP contribution in [0.5, 0.6) is 0 Å². The van der Waals surface area contributed by atoms with Gasteiger partial charge >= 0.3 is 0 Å². The summed E-state index contributed by atoms with van der Waals surface area (Å²) in [5, 5.41) is 11.0. The number of nitrogens with zero attached hydrogens (tertiary/aromatic N) is 6. The quantitative estimate of drug-likeness (QED) is 0.439. The number of nitriles is 1. The van der Waals surface area contributed by atoms with Crippen LogP contribution in [0.4, 0.5) is 9.39 Å². The standard InChI is InChI=1S/C22H16ClFN6OS/c23-22-20(26-3-4-27-22)15(11-25)13-1-2-16(24)14(9-13)19-21-17(28-12-29-19)10-18(32-21)30-5-7-31-8-6-30/h1-4,9-10,12,15H,5-8H2. The van der Waals surface area contributed by atoms with Crippen molar-refractivity contribution >= 4 is 38.2 Å². The molecule has 1 aliphatic rings. The zero-order valence-corrected chi connectivity index (χ0v) is 18.3. The molecular weight excluding hydrogens is 451 g/mol. The lowest BCUT2D eigenvalue weighted by molar-refractivity contribution is 0.123. The van der Waals surface area contributed by atoms with Crippen LogP contribution in [0.25, 0.3) is 21.5 Å². The number of hydrogen-bond donors (Lipinski definition) is 0. The lowest BCUT2D eigenvalue weighted by Crippen LogP contribution is -2.35. The van der Waals surface area contributed by atoms with Crippen molar-refractivity contribution in [1.82, 2.24) is 19.9 Å². The second kappa shape index (κ2) is 8.74. The number of benzene rings is 1. The van der Waals surface area contributed by atoms with E-state index in [1.807, 2.05) is 6.07 Å². The zero-order chi connectivity index (χ0) is 22.1. The SMILES string of the molecule is N#CC(c1ccc(F)c(-c2ncnc3cc(N4CCOCC4)sc23)c1)c1nccnc1Cl. The first-order valence-corrected chi connectivity index (χ1v) is 11.1. The first-order chi connectivity index (χ1) is 15.7. The first kappa shape index (κ1) is 20.7. The zero-order valence-electron chi connectivity index (χ0n) is 16.7. The van der Waals surface area contributed by atoms with Crippen LogP contribution in [0.3, 0.4) is 0 Å². The molecular formula is C22H16ClFN6OS. The van der Waals surface area contributed by atoms with E-state index < -0.39 is 11.7 Å². The second-order valence-electron chi connectivity index (χ2n) is 7.15. The fraction of sp³-hybridized carbons (Fsp3) is 0.227. The number of aromatic nitrogens is 4. The number of thiophene rings is 1. The van der Waals surface area contributed by atoms with Crippen molar-refractivity contribution < 1.29 is 9.13 Å². The number of fused-ring (bicyclic) bond motifs is 1. The van der Waals surface area contributed by atoms with Gasteiger partial charge in [0.1, 0.15) is 18.1 Å². The van der Waals surface area contributed by atoms with E-state index in [-0.39, 0.29) is 5.15 Å². The van der Waals surface area contributed by atoms with Gasteiger partial charge in [0.2, 0.25) is 0 Å². The molecule has 0 aliphatic carbocycles. The lowest BCUT2D eigenvalue weighted by Gasteiger charge is -2.27. The van der Waals surface area contributed by atoms with Crippen molar-refractivity contribution in [2.75, 3.05) is 31.2 Å². The van der Waals surface area contributed by atoms with E-state index in [2.05, 4.69) is 30.9 Å². The van der Waals surface area contributed by atoms with Gasteiger partial charge in [0.15, 0.2) is 5.15 Å². The van der Waals surface area contributed by atoms with E-state index in [9.17, 15) is 9.65 Å². The average molecular weight is 467 g/mol. The number of hydrogen-bond acceptors (Lipinski definition) is 8. The molecule has 7 nitrogen and oxygen atoms in total. The predicted octanol–water partition coefficient (Wildman–Crippen LogP) is 4.43. The van der Waals surface area contributed by atoms with Gasteiger partial charge in [-0.05, 0) is 23.8 Å². The highest BCUT2D eigenvalue weighted by Gasteiger charge is 2.23. The van der Waals surface area contributed by atoms with Gasteiger partial charge in [-0.2, -0.15) is 5.26 Å². The molecule has 0 bridgehead atoms. The third kappa shape index (κ3) is 3.77. The van der Waals surface area contributed by atoms with Crippen molar-refractivity contribution in [3.05, 3.63) is 65.2 Å². The molecule has 32 heavy (non-hydrogen) atoms. The van der Waals surface area contributed by atoms with Gasteiger partial charge in [-0.3, -0.25) is 4.98 Å². The first-order valence-electron chi connectivity index (χ1n) is 9.89. The summed E-state index contributed by atoms with van der Waals surface area (Å²) in [5.74, 6) is -1.22. The van der Waals surface area contributed by atoms with Crippen LogP contribution < -0.4 is 4.90 Å². The third-order valence-electron chi connectivity index (χ3n) is 5.28. The Labute approximate surface area is 192 Å². The number of halogens is 2. The van der Waals surface area contributed by atoms with E-state index in [4.69, 9.17) is 16.3 Å². The summed E-state index contributed by atoms with van der Waals surface area (Å²) in [5.41, 5.74) is 2.42. The van der Waals surface area contributed by atoms with Gasteiger partial charge in [-0.1, -0.05) is 17.7 Å². The fourth-order valence-corrected chi connectivity index (χ4v) is 5.08. The molecule has 0 spiro atoms. The second-order valence-corrected chi connectivity index (χ2v) is 8.54. The normalized spacial score (nSPS) is 15.0. The Hall–Kier alpha value is -3.19. The van der Waals surface area contributed by atoms with Crippen molar-refractivity contribution in [1.29, 1.82) is 5.26 Å². The van der Waals surface area contributed by atoms with Crippen molar-refractivity contribution in [2.24, 2.45) is 0 Å². The largest absolute Gasteiger partial charge is 0.378 e. The minimum atomic E-state index is -0.792. The van der Waals surface area contributed by atoms with E-state index in [1.165, 1.54) is 36.1 Å². The van der Waals surface area contributed by atoms with E-state index >= 15 is 0 Å². The van der Waals surface area contributed by atoms with Crippen molar-refractivity contribution in [3.8, 4) is 17.3 Å². The maximum Gasteiger partial charge on any atom is 0.152 e. The lowest BCUT2D eigenvalue weighted by atomic mass is 9.94. The minimum absolute atomic E-state index is 0.141. The van der Waals surface area contributed by atoms with Gasteiger partial charge in [-0.25, -0.2) is 19.3 Å². The molecule has 0 radical (unpaired) electrons. The van der Waals surface area contributed by atoms with E-state index in [0.29, 0.717) is 35.7 Å². The fourth-order valence-electron chi connectivity index (χ4n) is 3.70. The van der Waals surface area contributed by atoms with Crippen molar-refractivity contribution in [2.45, 2.75) is 5.92 Å². The molecule has 5 rings (SSSR count). The summed E-state index contributed by atoms with van der Waals surface area (Å²) in [7, 11) is 0. The highest BCUT2D eigenvalue weighted by atomic mass is 35.5. The maximum atomic E-state index is 15.0. The van der Waals surface area contributed by atoms with Gasteiger partial charge < -0.3 is 9.64 Å². The highest BCUT2D eigenvalue weighted by molar-refractivity contribution is 7.23. The number of ether oxygens (including phenoxy) is 1. The van der Waals surface area contributed by atoms with Crippen LogP contribution in [0.1, 0.15) is 17.2 Å². The van der Waals surface area contributed by atoms with Gasteiger partial charge in [0, 0.05) is 31.0 Å². The molecule has 4 heterocycles. The predicted molar refractivity (Wildman–Crippen MR) is 120 cm³/mol. The van der Waals surface area contributed by atoms with E-state index in [1.54, 1.807) is 12.1 Å². The molecule has 1 aliphatic heterocycles. The van der Waals surface area contributed by atoms with Crippen LogP contribution >= 0.6 is 22.9 Å². The van der Waals surface area contributed by atoms with E-state index in [0.717, 1.165) is 28.3 Å². The highest BCUT2D eigenvalue weighted by Crippen LogP contribution is 2.39. The molecule has 10 heteroatoms. The Bertz CT molecular complexity index is 1330. The molecule has 0 amide bonds. The molecule has 1 aromatic carbocycles. The molecule has 1 atom stereocenters. The summed E-state index contributed by atoms with van der Waals surface area (Å²) in [4.78, 5) is 19.2. The van der Waals surface area contributed by atoms with Crippen molar-refractivity contribution in [3.63, 3.8) is 0 Å². The molecule has 160 valence electrons. The molecule has 4 aromatic rings. The Morgan fingerprint density at radius 2 is 1.94 bits per heavy atom. The molecule has 1 unspecified atom stereocenters. The Balaban J connectivity index is 1.60. The summed E-state index contributed by atoms with van der Waals surface area (Å²) >= 11 is 7.68. The molecule has 0 N–H and O–H groups in total. The summed E-state index contributed by atoms with van der Waals surface area (Å²) in [6.45, 7) is 2.93. The van der Waals surface area contributed by atoms with Crippen LogP contribution in [0.2, 0.25) is 5.15 Å². The van der Waals surface area contributed by atoms with Gasteiger partial charge in [-0.15, -0.1) is 11.3 Å². The number of morpholine rings is 1. The maximum absolute atomic E-state index is 15.0. The smallest absolute Gasteiger partial charge is 0.152 e. The van der Waals surface area contributed by atoms with Crippen LogP contribution in [0, 0.1) is 17.1 Å². The summed E-state index contributed by atoms with van der Waals surface area (Å²) < 4.78 is 21.2. The topological polar surface area (TPSA) is 87.8 Å². The van der Waals surface area contributed by atoms with Crippen LogP contribution in [0.15, 0.2) is 43.0 Å².